The van der Waals surface area contributed by atoms with Gasteiger partial charge in [0, 0.05) is 42.3 Å². The number of imidazole rings is 1. The van der Waals surface area contributed by atoms with Gasteiger partial charge in [0.1, 0.15) is 12.2 Å². The Morgan fingerprint density at radius 1 is 1.26 bits per heavy atom. The van der Waals surface area contributed by atoms with Crippen LogP contribution in [0.2, 0.25) is 0 Å². The van der Waals surface area contributed by atoms with E-state index < -0.39 is 18.8 Å². The van der Waals surface area contributed by atoms with E-state index in [-0.39, 0.29) is 12.6 Å². The van der Waals surface area contributed by atoms with Crippen LogP contribution in [0.25, 0.3) is 16.9 Å². The molecule has 1 aliphatic heterocycles. The predicted octanol–water partition coefficient (Wildman–Crippen LogP) is 3.35. The molecule has 3 heterocycles. The normalized spacial score (nSPS) is 15.9. The molecule has 1 aliphatic rings. The molecule has 1 fully saturated rings. The quantitative estimate of drug-likeness (QED) is 0.426. The minimum Gasteiger partial charge on any atom is -0.483 e. The smallest absolute Gasteiger partial charge is 0.405 e. The van der Waals surface area contributed by atoms with E-state index in [2.05, 4.69) is 15.2 Å². The molecule has 0 bridgehead atoms. The topological polar surface area (TPSA) is 119 Å². The molecule has 0 saturated carbocycles. The summed E-state index contributed by atoms with van der Waals surface area (Å²) in [6.45, 7) is -0.180. The summed E-state index contributed by atoms with van der Waals surface area (Å²) in [5.74, 6) is 0. The Kier molecular flexibility index (Phi) is 7.95. The Labute approximate surface area is 192 Å². The van der Waals surface area contributed by atoms with Crippen molar-refractivity contribution in [1.29, 1.82) is 0 Å². The minimum absolute atomic E-state index is 0.250. The Hall–Kier alpha value is -3.80. The molecule has 0 radical (unpaired) electrons. The largest absolute Gasteiger partial charge is 0.483 e. The van der Waals surface area contributed by atoms with Gasteiger partial charge in [-0.25, -0.2) is 9.78 Å². The van der Waals surface area contributed by atoms with Crippen LogP contribution in [0, 0.1) is 0 Å². The zero-order valence-electron chi connectivity index (χ0n) is 18.0. The number of hydrogen-bond acceptors (Lipinski definition) is 5. The minimum atomic E-state index is -4.47. The van der Waals surface area contributed by atoms with Gasteiger partial charge in [-0.15, -0.1) is 0 Å². The maximum absolute atomic E-state index is 12.3. The van der Waals surface area contributed by atoms with Crippen molar-refractivity contribution in [2.24, 2.45) is 0 Å². The highest BCUT2D eigenvalue weighted by Gasteiger charge is 2.27. The number of benzene rings is 1. The zero-order chi connectivity index (χ0) is 24.7. The number of aliphatic hydroxyl groups excluding tert-OH is 1. The number of carboxylic acid groups (broad SMARTS) is 1. The molecule has 9 nitrogen and oxygen atoms in total. The van der Waals surface area contributed by atoms with Gasteiger partial charge in [-0.2, -0.15) is 13.2 Å². The summed E-state index contributed by atoms with van der Waals surface area (Å²) in [6.07, 6.45) is 0.537. The summed E-state index contributed by atoms with van der Waals surface area (Å²) in [5, 5.41) is 21.0. The van der Waals surface area contributed by atoms with Gasteiger partial charge >= 0.3 is 12.2 Å². The Balaban J connectivity index is 0.00000103. The second-order valence-corrected chi connectivity index (χ2v) is 7.61. The molecule has 182 valence electrons. The van der Waals surface area contributed by atoms with Crippen LogP contribution in [0.5, 0.6) is 0 Å². The van der Waals surface area contributed by atoms with Crippen LogP contribution >= 0.6 is 0 Å². The molecular weight excluding hydrogens is 455 g/mol. The van der Waals surface area contributed by atoms with Gasteiger partial charge in [-0.1, -0.05) is 12.1 Å². The van der Waals surface area contributed by atoms with E-state index >= 15 is 0 Å². The number of aliphatic hydroxyl groups is 1. The number of nitrogens with one attached hydrogen (secondary N) is 2. The molecule has 0 aliphatic carbocycles. The number of urea groups is 1. The maximum Gasteiger partial charge on any atom is 0.405 e. The van der Waals surface area contributed by atoms with Gasteiger partial charge in [0.25, 0.3) is 6.47 Å². The first-order chi connectivity index (χ1) is 16.2. The summed E-state index contributed by atoms with van der Waals surface area (Å²) < 4.78 is 38.7. The first-order valence-corrected chi connectivity index (χ1v) is 10.4. The maximum atomic E-state index is 12.3. The summed E-state index contributed by atoms with van der Waals surface area (Å²) in [7, 11) is 0. The van der Waals surface area contributed by atoms with Gasteiger partial charge < -0.3 is 25.7 Å². The monoisotopic (exact) mass is 479 g/mol. The number of anilines is 2. The molecule has 1 saturated heterocycles. The average Bonchev–Trinajstić information content (AvgIpc) is 3.21. The van der Waals surface area contributed by atoms with Crippen LogP contribution < -0.4 is 15.5 Å². The molecule has 34 heavy (non-hydrogen) atoms. The first kappa shape index (κ1) is 24.8. The molecule has 0 spiro atoms. The van der Waals surface area contributed by atoms with Crippen molar-refractivity contribution in [2.45, 2.75) is 25.1 Å². The molecule has 1 atom stereocenters. The standard InChI is InChI=1S/C21H22F3N5O2.CH2O2/c22-21(23,24)13-26-20(31)27-15-4-1-3-14(9-15)18-11-25-19-10-16(6-8-29(18)19)28-7-2-5-17(30)12-28;2-1-3/h1,3-4,6,8-11,17,30H,2,5,7,12-13H2,(H2,26,27,31);1H,(H,2,3). The Bertz CT molecular complexity index is 1140. The molecule has 4 rings (SSSR count). The van der Waals surface area contributed by atoms with E-state index in [4.69, 9.17) is 9.90 Å². The van der Waals surface area contributed by atoms with Crippen molar-refractivity contribution in [3.8, 4) is 11.3 Å². The third-order valence-electron chi connectivity index (χ3n) is 5.12. The lowest BCUT2D eigenvalue weighted by Crippen LogP contribution is -2.38. The molecule has 1 aromatic carbocycles. The molecule has 4 N–H and O–H groups in total. The lowest BCUT2D eigenvalue weighted by atomic mass is 10.1. The van der Waals surface area contributed by atoms with Crippen LogP contribution in [0.15, 0.2) is 48.8 Å². The highest BCUT2D eigenvalue weighted by molar-refractivity contribution is 5.90. The van der Waals surface area contributed by atoms with E-state index in [1.165, 1.54) is 0 Å². The first-order valence-electron chi connectivity index (χ1n) is 10.4. The van der Waals surface area contributed by atoms with Crippen LogP contribution in [-0.2, 0) is 4.79 Å². The SMILES string of the molecule is O=C(NCC(F)(F)F)Nc1cccc(-c2cnc3cc(N4CCCC(O)C4)ccn23)c1.O=CO. The molecule has 2 aromatic heterocycles. The van der Waals surface area contributed by atoms with Crippen LogP contribution in [0.1, 0.15) is 12.8 Å². The van der Waals surface area contributed by atoms with E-state index in [0.29, 0.717) is 12.2 Å². The summed E-state index contributed by atoms with van der Waals surface area (Å²) in [6, 6.07) is 9.79. The summed E-state index contributed by atoms with van der Waals surface area (Å²) in [5.41, 5.74) is 3.61. The highest BCUT2D eigenvalue weighted by Crippen LogP contribution is 2.27. The van der Waals surface area contributed by atoms with Crippen molar-refractivity contribution in [3.05, 3.63) is 48.8 Å². The number of pyridine rings is 1. The third kappa shape index (κ3) is 6.61. The van der Waals surface area contributed by atoms with E-state index in [1.807, 2.05) is 28.8 Å². The fourth-order valence-electron chi connectivity index (χ4n) is 3.68. The number of carbonyl (C=O) groups is 2. The predicted molar refractivity (Wildman–Crippen MR) is 120 cm³/mol. The second kappa shape index (κ2) is 10.9. The van der Waals surface area contributed by atoms with Crippen LogP contribution in [-0.4, -0.2) is 64.0 Å². The number of nitrogens with zero attached hydrogens (tertiary/aromatic N) is 3. The van der Waals surface area contributed by atoms with E-state index in [1.54, 1.807) is 29.7 Å². The van der Waals surface area contributed by atoms with Crippen molar-refractivity contribution in [3.63, 3.8) is 0 Å². The molecule has 3 aromatic rings. The van der Waals surface area contributed by atoms with Crippen molar-refractivity contribution < 1.29 is 33.0 Å². The van der Waals surface area contributed by atoms with Gasteiger partial charge in [-0.05, 0) is 31.0 Å². The van der Waals surface area contributed by atoms with Crippen LogP contribution in [0.4, 0.5) is 29.3 Å². The fourth-order valence-corrected chi connectivity index (χ4v) is 3.68. The molecule has 12 heteroatoms. The van der Waals surface area contributed by atoms with E-state index in [0.717, 1.165) is 42.0 Å². The van der Waals surface area contributed by atoms with Gasteiger partial charge in [0.05, 0.1) is 18.0 Å². The van der Waals surface area contributed by atoms with Crippen LogP contribution in [0.3, 0.4) is 0 Å². The fraction of sp³-hybridized carbons (Fsp3) is 0.318. The third-order valence-corrected chi connectivity index (χ3v) is 5.12. The molecular formula is C22H24F3N5O4. The number of rotatable bonds is 4. The van der Waals surface area contributed by atoms with Crippen molar-refractivity contribution in [1.82, 2.24) is 14.7 Å². The molecule has 1 unspecified atom stereocenters. The highest BCUT2D eigenvalue weighted by atomic mass is 19.4. The van der Waals surface area contributed by atoms with Crippen molar-refractivity contribution in [2.75, 3.05) is 29.9 Å². The van der Waals surface area contributed by atoms with Gasteiger partial charge in [0.15, 0.2) is 0 Å². The summed E-state index contributed by atoms with van der Waals surface area (Å²) in [4.78, 5) is 26.7. The molecule has 2 amide bonds. The second-order valence-electron chi connectivity index (χ2n) is 7.61. The number of halogens is 3. The van der Waals surface area contributed by atoms with Gasteiger partial charge in [0.2, 0.25) is 0 Å². The average molecular weight is 479 g/mol. The number of carbonyl (C=O) groups excluding carboxylic acids is 1. The Morgan fingerprint density at radius 2 is 2.03 bits per heavy atom. The number of piperidine rings is 1. The van der Waals surface area contributed by atoms with E-state index in [9.17, 15) is 23.1 Å². The number of hydrogen-bond donors (Lipinski definition) is 4. The van der Waals surface area contributed by atoms with Crippen molar-refractivity contribution >= 4 is 29.5 Å². The Morgan fingerprint density at radius 3 is 2.74 bits per heavy atom. The lowest BCUT2D eigenvalue weighted by Gasteiger charge is -2.31. The number of alkyl halides is 3. The number of aromatic nitrogens is 2. The lowest BCUT2D eigenvalue weighted by molar-refractivity contribution is -0.123. The number of fused-ring (bicyclic) bond motifs is 1. The number of β-amino-alcohol motifs (C(OH)–C–C–N with tert-alkyl or cyclic N) is 1. The zero-order valence-corrected chi connectivity index (χ0v) is 18.0. The van der Waals surface area contributed by atoms with Gasteiger partial charge in [-0.3, -0.25) is 9.20 Å². The summed E-state index contributed by atoms with van der Waals surface area (Å²) >= 11 is 0. The number of amides is 2.